The Hall–Kier alpha value is -4.65. The second-order valence-electron chi connectivity index (χ2n) is 9.52. The van der Waals surface area contributed by atoms with E-state index in [0.717, 1.165) is 33.5 Å². The van der Waals surface area contributed by atoms with Crippen molar-refractivity contribution in [3.05, 3.63) is 118 Å². The summed E-state index contributed by atoms with van der Waals surface area (Å²) < 4.78 is 1.66. The molecule has 0 aliphatic rings. The Kier molecular flexibility index (Phi) is 8.06. The molecule has 0 fully saturated rings. The summed E-state index contributed by atoms with van der Waals surface area (Å²) >= 11 is 0. The van der Waals surface area contributed by atoms with Crippen molar-refractivity contribution in [3.63, 3.8) is 0 Å². The van der Waals surface area contributed by atoms with E-state index >= 15 is 0 Å². The topological polar surface area (TPSA) is 100 Å². The first-order valence-corrected chi connectivity index (χ1v) is 12.5. The summed E-state index contributed by atoms with van der Waals surface area (Å²) in [5, 5.41) is 14.7. The molecule has 0 aliphatic carbocycles. The maximum absolute atomic E-state index is 13.3. The summed E-state index contributed by atoms with van der Waals surface area (Å²) in [7, 11) is 0. The number of benzene rings is 3. The summed E-state index contributed by atoms with van der Waals surface area (Å²) in [6.45, 7) is 6.13. The number of anilines is 2. The molecule has 3 N–H and O–H groups in total. The number of aliphatic carboxylic acids is 1. The maximum Gasteiger partial charge on any atom is 0.323 e. The van der Waals surface area contributed by atoms with E-state index in [0.29, 0.717) is 17.8 Å². The number of carboxylic acids is 1. The molecule has 38 heavy (non-hydrogen) atoms. The molecule has 3 aromatic carbocycles. The van der Waals surface area contributed by atoms with Gasteiger partial charge in [0.15, 0.2) is 0 Å². The van der Waals surface area contributed by atoms with Crippen LogP contribution < -0.4 is 16.2 Å². The van der Waals surface area contributed by atoms with Gasteiger partial charge in [-0.25, -0.2) is 4.79 Å². The molecule has 0 aliphatic heterocycles. The molecule has 0 unspecified atom stereocenters. The lowest BCUT2D eigenvalue weighted by Crippen LogP contribution is -2.22. The predicted octanol–water partition coefficient (Wildman–Crippen LogP) is 6.40. The lowest BCUT2D eigenvalue weighted by atomic mass is 9.97. The van der Waals surface area contributed by atoms with Crippen LogP contribution in [0.5, 0.6) is 0 Å². The van der Waals surface area contributed by atoms with Crippen LogP contribution in [0.25, 0.3) is 11.1 Å². The number of aromatic nitrogens is 1. The molecule has 0 bridgehead atoms. The van der Waals surface area contributed by atoms with Gasteiger partial charge >= 0.3 is 12.0 Å². The number of carbonyl (C=O) groups is 2. The third-order valence-electron chi connectivity index (χ3n) is 6.57. The first-order valence-electron chi connectivity index (χ1n) is 12.5. The zero-order valence-corrected chi connectivity index (χ0v) is 21.7. The van der Waals surface area contributed by atoms with E-state index in [-0.39, 0.29) is 23.9 Å². The minimum absolute atomic E-state index is 0.0753. The van der Waals surface area contributed by atoms with Crippen LogP contribution in [0.3, 0.4) is 0 Å². The largest absolute Gasteiger partial charge is 0.481 e. The molecular weight excluding hydrogens is 478 g/mol. The molecule has 4 rings (SSSR count). The fraction of sp³-hybridized carbons (Fsp3) is 0.194. The van der Waals surface area contributed by atoms with Gasteiger partial charge in [0.25, 0.3) is 5.56 Å². The van der Waals surface area contributed by atoms with E-state index in [4.69, 9.17) is 5.11 Å². The van der Waals surface area contributed by atoms with Crippen LogP contribution in [0.4, 0.5) is 16.2 Å². The molecule has 1 heterocycles. The molecule has 7 heteroatoms. The SMILES string of the molecule is Cc1ccccc1NC(=O)Nc1ccc(-c2cccn(Cc3ccc([C@@H](C)CC(=O)O)cc3)c2=O)c(C)c1. The minimum Gasteiger partial charge on any atom is -0.481 e. The molecule has 7 nitrogen and oxygen atoms in total. The van der Waals surface area contributed by atoms with Crippen LogP contribution in [0, 0.1) is 13.8 Å². The number of amides is 2. The lowest BCUT2D eigenvalue weighted by molar-refractivity contribution is -0.137. The second kappa shape index (κ2) is 11.6. The molecule has 2 amide bonds. The highest BCUT2D eigenvalue weighted by atomic mass is 16.4. The van der Waals surface area contributed by atoms with Crippen molar-refractivity contribution in [2.24, 2.45) is 0 Å². The third-order valence-corrected chi connectivity index (χ3v) is 6.57. The Bertz CT molecular complexity index is 1520. The van der Waals surface area contributed by atoms with Crippen molar-refractivity contribution in [2.45, 2.75) is 39.7 Å². The summed E-state index contributed by atoms with van der Waals surface area (Å²) in [5.41, 5.74) is 6.37. The summed E-state index contributed by atoms with van der Waals surface area (Å²) in [5.74, 6) is -0.906. The lowest BCUT2D eigenvalue weighted by Gasteiger charge is -2.14. The number of hydrogen-bond acceptors (Lipinski definition) is 3. The van der Waals surface area contributed by atoms with Gasteiger partial charge < -0.3 is 20.3 Å². The van der Waals surface area contributed by atoms with E-state index in [1.54, 1.807) is 22.9 Å². The molecule has 0 spiro atoms. The highest BCUT2D eigenvalue weighted by Gasteiger charge is 2.13. The van der Waals surface area contributed by atoms with Gasteiger partial charge in [-0.1, -0.05) is 55.5 Å². The Morgan fingerprint density at radius 3 is 2.29 bits per heavy atom. The fourth-order valence-electron chi connectivity index (χ4n) is 4.44. The van der Waals surface area contributed by atoms with Gasteiger partial charge in [-0.2, -0.15) is 0 Å². The quantitative estimate of drug-likeness (QED) is 0.256. The Balaban J connectivity index is 1.48. The van der Waals surface area contributed by atoms with Gasteiger partial charge in [-0.15, -0.1) is 0 Å². The van der Waals surface area contributed by atoms with Gasteiger partial charge in [-0.3, -0.25) is 9.59 Å². The number of nitrogens with zero attached hydrogens (tertiary/aromatic N) is 1. The third kappa shape index (κ3) is 6.37. The molecule has 194 valence electrons. The molecule has 1 aromatic heterocycles. The average Bonchev–Trinajstić information content (AvgIpc) is 2.87. The molecule has 0 saturated heterocycles. The van der Waals surface area contributed by atoms with Crippen molar-refractivity contribution < 1.29 is 14.7 Å². The van der Waals surface area contributed by atoms with Crippen LogP contribution in [0.1, 0.15) is 41.5 Å². The first-order chi connectivity index (χ1) is 18.2. The minimum atomic E-state index is -0.824. The van der Waals surface area contributed by atoms with Gasteiger partial charge in [-0.05, 0) is 77.9 Å². The van der Waals surface area contributed by atoms with E-state index < -0.39 is 5.97 Å². The van der Waals surface area contributed by atoms with Crippen LogP contribution in [0.15, 0.2) is 89.9 Å². The van der Waals surface area contributed by atoms with Crippen molar-refractivity contribution in [3.8, 4) is 11.1 Å². The van der Waals surface area contributed by atoms with Crippen molar-refractivity contribution in [2.75, 3.05) is 10.6 Å². The van der Waals surface area contributed by atoms with E-state index in [1.807, 2.05) is 87.5 Å². The number of rotatable bonds is 8. The standard InChI is InChI=1S/C31H31N3O4/c1-20-7-4-5-9-28(20)33-31(38)32-25-14-15-26(22(3)17-25)27-8-6-16-34(30(27)37)19-23-10-12-24(13-11-23)21(2)18-29(35)36/h4-17,21H,18-19H2,1-3H3,(H,35,36)(H2,32,33,38)/t21-/m0/s1. The summed E-state index contributed by atoms with van der Waals surface area (Å²) in [6.07, 6.45) is 1.83. The van der Waals surface area contributed by atoms with E-state index in [2.05, 4.69) is 10.6 Å². The molecule has 1 atom stereocenters. The number of hydrogen-bond donors (Lipinski definition) is 3. The van der Waals surface area contributed by atoms with Crippen LogP contribution in [-0.4, -0.2) is 21.7 Å². The first kappa shape index (κ1) is 26.4. The number of nitrogens with one attached hydrogen (secondary N) is 2. The number of carbonyl (C=O) groups excluding carboxylic acids is 1. The summed E-state index contributed by atoms with van der Waals surface area (Å²) in [4.78, 5) is 36.8. The van der Waals surface area contributed by atoms with Gasteiger partial charge in [0, 0.05) is 23.1 Å². The van der Waals surface area contributed by atoms with Crippen LogP contribution >= 0.6 is 0 Å². The molecule has 0 saturated carbocycles. The zero-order chi connectivity index (χ0) is 27.2. The number of pyridine rings is 1. The molecule has 0 radical (unpaired) electrons. The average molecular weight is 510 g/mol. The highest BCUT2D eigenvalue weighted by molar-refractivity contribution is 6.00. The van der Waals surface area contributed by atoms with E-state index in [1.165, 1.54) is 0 Å². The predicted molar refractivity (Wildman–Crippen MR) is 151 cm³/mol. The smallest absolute Gasteiger partial charge is 0.323 e. The Morgan fingerprint density at radius 1 is 0.868 bits per heavy atom. The second-order valence-corrected chi connectivity index (χ2v) is 9.52. The highest BCUT2D eigenvalue weighted by Crippen LogP contribution is 2.24. The monoisotopic (exact) mass is 509 g/mol. The van der Waals surface area contributed by atoms with E-state index in [9.17, 15) is 14.4 Å². The number of carboxylic acid groups (broad SMARTS) is 1. The van der Waals surface area contributed by atoms with Crippen molar-refractivity contribution in [1.29, 1.82) is 0 Å². The number of para-hydroxylation sites is 1. The number of aryl methyl sites for hydroxylation is 2. The fourth-order valence-corrected chi connectivity index (χ4v) is 4.44. The summed E-state index contributed by atoms with van der Waals surface area (Å²) in [6, 6.07) is 24.1. The maximum atomic E-state index is 13.3. The van der Waals surface area contributed by atoms with Crippen LogP contribution in [0.2, 0.25) is 0 Å². The van der Waals surface area contributed by atoms with Crippen molar-refractivity contribution >= 4 is 23.4 Å². The van der Waals surface area contributed by atoms with Gasteiger partial charge in [0.2, 0.25) is 0 Å². The van der Waals surface area contributed by atoms with Gasteiger partial charge in [0.1, 0.15) is 0 Å². The normalized spacial score (nSPS) is 11.6. The zero-order valence-electron chi connectivity index (χ0n) is 21.7. The molecular formula is C31H31N3O4. The Morgan fingerprint density at radius 2 is 1.61 bits per heavy atom. The van der Waals surface area contributed by atoms with Crippen LogP contribution in [-0.2, 0) is 11.3 Å². The number of urea groups is 1. The Labute approximate surface area is 221 Å². The van der Waals surface area contributed by atoms with Gasteiger partial charge in [0.05, 0.1) is 13.0 Å². The van der Waals surface area contributed by atoms with Crippen molar-refractivity contribution in [1.82, 2.24) is 4.57 Å². The molecule has 4 aromatic rings.